The average molecular weight is 256 g/mol. The van der Waals surface area contributed by atoms with Gasteiger partial charge in [0, 0.05) is 22.7 Å². The Labute approximate surface area is 109 Å². The van der Waals surface area contributed by atoms with Gasteiger partial charge < -0.3 is 4.98 Å². The van der Waals surface area contributed by atoms with Crippen molar-refractivity contribution in [3.8, 4) is 0 Å². The molecule has 0 aliphatic heterocycles. The number of rotatable bonds is 2. The number of benzene rings is 2. The first-order valence-electron chi connectivity index (χ1n) is 5.63. The number of carbonyl (C=O) groups excluding carboxylic acids is 1. The number of nitrogens with one attached hydrogen (secondary N) is 1. The fraction of sp³-hybridized carbons (Fsp3) is 0. The first kappa shape index (κ1) is 11.1. The smallest absolute Gasteiger partial charge is 0.195 e. The molecule has 0 bridgehead atoms. The van der Waals surface area contributed by atoms with Crippen molar-refractivity contribution in [1.82, 2.24) is 4.98 Å². The molecule has 1 aromatic heterocycles. The molecule has 0 atom stereocenters. The van der Waals surface area contributed by atoms with E-state index in [1.807, 2.05) is 42.5 Å². The molecular weight excluding hydrogens is 246 g/mol. The second kappa shape index (κ2) is 4.31. The molecule has 0 aliphatic carbocycles. The predicted molar refractivity (Wildman–Crippen MR) is 73.2 cm³/mol. The van der Waals surface area contributed by atoms with Gasteiger partial charge >= 0.3 is 0 Å². The van der Waals surface area contributed by atoms with Crippen LogP contribution in [-0.4, -0.2) is 10.8 Å². The van der Waals surface area contributed by atoms with Crippen LogP contribution in [-0.2, 0) is 0 Å². The van der Waals surface area contributed by atoms with Gasteiger partial charge in [-0.05, 0) is 6.07 Å². The molecule has 0 radical (unpaired) electrons. The van der Waals surface area contributed by atoms with Crippen LogP contribution in [0.1, 0.15) is 15.9 Å². The van der Waals surface area contributed by atoms with Gasteiger partial charge in [0.15, 0.2) is 5.78 Å². The third-order valence-corrected chi connectivity index (χ3v) is 3.26. The predicted octanol–water partition coefficient (Wildman–Crippen LogP) is 4.05. The van der Waals surface area contributed by atoms with Crippen LogP contribution in [0.2, 0.25) is 5.02 Å². The van der Waals surface area contributed by atoms with Gasteiger partial charge in [0.05, 0.1) is 10.5 Å². The number of para-hydroxylation sites is 1. The minimum Gasteiger partial charge on any atom is -0.359 e. The van der Waals surface area contributed by atoms with E-state index in [4.69, 9.17) is 11.6 Å². The van der Waals surface area contributed by atoms with Gasteiger partial charge in [0.25, 0.3) is 0 Å². The Balaban J connectivity index is 2.16. The highest BCUT2D eigenvalue weighted by Gasteiger charge is 2.14. The Kier molecular flexibility index (Phi) is 2.65. The Morgan fingerprint density at radius 3 is 2.56 bits per heavy atom. The highest BCUT2D eigenvalue weighted by Crippen LogP contribution is 2.26. The van der Waals surface area contributed by atoms with Crippen LogP contribution >= 0.6 is 11.6 Å². The first-order valence-corrected chi connectivity index (χ1v) is 6.00. The summed E-state index contributed by atoms with van der Waals surface area (Å²) >= 11 is 6.08. The van der Waals surface area contributed by atoms with Crippen molar-refractivity contribution in [2.24, 2.45) is 0 Å². The zero-order valence-electron chi connectivity index (χ0n) is 9.48. The summed E-state index contributed by atoms with van der Waals surface area (Å²) in [6.07, 6.45) is 1.71. The summed E-state index contributed by atoms with van der Waals surface area (Å²) in [4.78, 5) is 15.4. The van der Waals surface area contributed by atoms with Crippen molar-refractivity contribution < 1.29 is 4.79 Å². The van der Waals surface area contributed by atoms with Gasteiger partial charge in [-0.3, -0.25) is 4.79 Å². The molecule has 2 aromatic carbocycles. The number of aromatic nitrogens is 1. The number of aromatic amines is 1. The largest absolute Gasteiger partial charge is 0.359 e. The van der Waals surface area contributed by atoms with Crippen molar-refractivity contribution in [2.75, 3.05) is 0 Å². The minimum absolute atomic E-state index is 0.00381. The lowest BCUT2D eigenvalue weighted by molar-refractivity contribution is 0.104. The number of fused-ring (bicyclic) bond motifs is 1. The molecule has 3 heteroatoms. The quantitative estimate of drug-likeness (QED) is 0.689. The molecular formula is C15H10ClNO. The van der Waals surface area contributed by atoms with Crippen molar-refractivity contribution in [3.05, 3.63) is 70.9 Å². The third-order valence-electron chi connectivity index (χ3n) is 2.95. The fourth-order valence-corrected chi connectivity index (χ4v) is 2.28. The van der Waals surface area contributed by atoms with Crippen LogP contribution in [0.15, 0.2) is 54.7 Å². The van der Waals surface area contributed by atoms with E-state index in [2.05, 4.69) is 4.98 Å². The lowest BCUT2D eigenvalue weighted by Gasteiger charge is -1.99. The average Bonchev–Trinajstić information content (AvgIpc) is 2.84. The van der Waals surface area contributed by atoms with E-state index in [1.54, 1.807) is 12.3 Å². The summed E-state index contributed by atoms with van der Waals surface area (Å²) < 4.78 is 0. The summed E-state index contributed by atoms with van der Waals surface area (Å²) in [5, 5.41) is 1.48. The highest BCUT2D eigenvalue weighted by molar-refractivity contribution is 6.35. The molecule has 0 amide bonds. The van der Waals surface area contributed by atoms with E-state index in [0.717, 1.165) is 10.9 Å². The number of H-pyrrole nitrogens is 1. The fourth-order valence-electron chi connectivity index (χ4n) is 2.05. The maximum absolute atomic E-state index is 12.4. The van der Waals surface area contributed by atoms with E-state index in [0.29, 0.717) is 16.1 Å². The van der Waals surface area contributed by atoms with Crippen molar-refractivity contribution in [3.63, 3.8) is 0 Å². The van der Waals surface area contributed by atoms with Crippen LogP contribution in [0, 0.1) is 0 Å². The molecule has 0 aliphatic rings. The van der Waals surface area contributed by atoms with E-state index in [-0.39, 0.29) is 5.78 Å². The van der Waals surface area contributed by atoms with E-state index >= 15 is 0 Å². The molecule has 1 heterocycles. The second-order valence-electron chi connectivity index (χ2n) is 4.06. The van der Waals surface area contributed by atoms with E-state index in [9.17, 15) is 4.79 Å². The summed E-state index contributed by atoms with van der Waals surface area (Å²) in [6, 6.07) is 14.8. The maximum Gasteiger partial charge on any atom is 0.195 e. The lowest BCUT2D eigenvalue weighted by atomic mass is 10.0. The highest BCUT2D eigenvalue weighted by atomic mass is 35.5. The van der Waals surface area contributed by atoms with E-state index < -0.39 is 0 Å². The second-order valence-corrected chi connectivity index (χ2v) is 4.47. The number of hydrogen-bond donors (Lipinski definition) is 1. The molecule has 88 valence electrons. The molecule has 18 heavy (non-hydrogen) atoms. The molecule has 0 unspecified atom stereocenters. The molecule has 0 spiro atoms. The third kappa shape index (κ3) is 1.71. The van der Waals surface area contributed by atoms with Crippen LogP contribution in [0.4, 0.5) is 0 Å². The van der Waals surface area contributed by atoms with Gasteiger partial charge in [-0.2, -0.15) is 0 Å². The Morgan fingerprint density at radius 2 is 1.78 bits per heavy atom. The zero-order valence-corrected chi connectivity index (χ0v) is 10.2. The number of hydrogen-bond acceptors (Lipinski definition) is 1. The summed E-state index contributed by atoms with van der Waals surface area (Å²) in [5.74, 6) is 0.00381. The van der Waals surface area contributed by atoms with Gasteiger partial charge in [0.2, 0.25) is 0 Å². The summed E-state index contributed by atoms with van der Waals surface area (Å²) in [7, 11) is 0. The van der Waals surface area contributed by atoms with Crippen LogP contribution < -0.4 is 0 Å². The van der Waals surface area contributed by atoms with Gasteiger partial charge in [-0.25, -0.2) is 0 Å². The van der Waals surface area contributed by atoms with Crippen molar-refractivity contribution >= 4 is 28.3 Å². The maximum atomic E-state index is 12.4. The Hall–Kier alpha value is -2.06. The van der Waals surface area contributed by atoms with Crippen molar-refractivity contribution in [1.29, 1.82) is 0 Å². The molecule has 1 N–H and O–H groups in total. The first-order chi connectivity index (χ1) is 8.77. The topological polar surface area (TPSA) is 32.9 Å². The van der Waals surface area contributed by atoms with Crippen LogP contribution in [0.3, 0.4) is 0 Å². The SMILES string of the molecule is O=C(c1ccccc1)c1c[nH]c2c(Cl)cccc12. The van der Waals surface area contributed by atoms with E-state index in [1.165, 1.54) is 0 Å². The van der Waals surface area contributed by atoms with Gasteiger partial charge in [0.1, 0.15) is 0 Å². The van der Waals surface area contributed by atoms with Crippen LogP contribution in [0.5, 0.6) is 0 Å². The molecule has 3 aromatic rings. The summed E-state index contributed by atoms with van der Waals surface area (Å²) in [5.41, 5.74) is 2.13. The number of halogens is 1. The molecule has 2 nitrogen and oxygen atoms in total. The monoisotopic (exact) mass is 255 g/mol. The minimum atomic E-state index is 0.00381. The zero-order chi connectivity index (χ0) is 12.5. The van der Waals surface area contributed by atoms with Crippen LogP contribution in [0.25, 0.3) is 10.9 Å². The molecule has 0 saturated heterocycles. The van der Waals surface area contributed by atoms with Gasteiger partial charge in [-0.15, -0.1) is 0 Å². The molecule has 0 fully saturated rings. The Bertz CT molecular complexity index is 716. The lowest BCUT2D eigenvalue weighted by Crippen LogP contribution is -1.99. The normalized spacial score (nSPS) is 10.7. The van der Waals surface area contributed by atoms with Gasteiger partial charge in [-0.1, -0.05) is 54.1 Å². The Morgan fingerprint density at radius 1 is 1.00 bits per heavy atom. The molecule has 0 saturated carbocycles. The summed E-state index contributed by atoms with van der Waals surface area (Å²) in [6.45, 7) is 0. The van der Waals surface area contributed by atoms with Crippen molar-refractivity contribution in [2.45, 2.75) is 0 Å². The molecule has 3 rings (SSSR count). The number of carbonyl (C=O) groups is 1. The number of ketones is 1. The standard InChI is InChI=1S/C15H10ClNO/c16-13-8-4-7-11-12(9-17-14(11)13)15(18)10-5-2-1-3-6-10/h1-9,17H.